The van der Waals surface area contributed by atoms with E-state index in [4.69, 9.17) is 0 Å². The van der Waals surface area contributed by atoms with Crippen molar-refractivity contribution < 1.29 is 9.90 Å². The number of nitrogens with zero attached hydrogens (tertiary/aromatic N) is 1. The molecule has 4 heteroatoms. The molecule has 1 aromatic carbocycles. The molecule has 3 heterocycles. The van der Waals surface area contributed by atoms with Gasteiger partial charge in [0.15, 0.2) is 0 Å². The van der Waals surface area contributed by atoms with Gasteiger partial charge in [-0.25, -0.2) is 0 Å². The van der Waals surface area contributed by atoms with Gasteiger partial charge >= 0.3 is 0 Å². The minimum atomic E-state index is -0.587. The van der Waals surface area contributed by atoms with Crippen molar-refractivity contribution in [2.75, 3.05) is 6.54 Å². The lowest BCUT2D eigenvalue weighted by Gasteiger charge is -2.44. The molecule has 34 heavy (non-hydrogen) atoms. The monoisotopic (exact) mass is 462 g/mol. The number of piperidine rings is 2. The Morgan fingerprint density at radius 1 is 0.971 bits per heavy atom. The molecule has 3 saturated carbocycles. The summed E-state index contributed by atoms with van der Waals surface area (Å²) in [6.45, 7) is 0.857. The van der Waals surface area contributed by atoms with Gasteiger partial charge in [-0.05, 0) is 80.6 Å². The Morgan fingerprint density at radius 2 is 1.74 bits per heavy atom. The van der Waals surface area contributed by atoms with Crippen molar-refractivity contribution in [2.45, 2.75) is 113 Å². The largest absolute Gasteiger partial charge is 0.374 e. The molecule has 6 aliphatic rings. The smallest absolute Gasteiger partial charge is 0.150 e. The van der Waals surface area contributed by atoms with E-state index < -0.39 is 5.72 Å². The number of nitrogens with one attached hydrogen (secondary N) is 1. The summed E-state index contributed by atoms with van der Waals surface area (Å²) in [5.41, 5.74) is 2.13. The highest BCUT2D eigenvalue weighted by Crippen LogP contribution is 2.60. The quantitative estimate of drug-likeness (QED) is 0.463. The molecule has 3 aliphatic carbocycles. The molecule has 0 radical (unpaired) electrons. The van der Waals surface area contributed by atoms with Crippen LogP contribution in [-0.4, -0.2) is 46.7 Å². The Balaban J connectivity index is 1.14. The van der Waals surface area contributed by atoms with Gasteiger partial charge in [-0.15, -0.1) is 0 Å². The molecule has 0 aromatic heterocycles. The fraction of sp³-hybridized carbons (Fsp3) is 0.767. The first kappa shape index (κ1) is 22.0. The van der Waals surface area contributed by atoms with Gasteiger partial charge in [-0.3, -0.25) is 9.69 Å². The van der Waals surface area contributed by atoms with Crippen LogP contribution in [-0.2, 0) is 0 Å². The van der Waals surface area contributed by atoms with Gasteiger partial charge in [-0.2, -0.15) is 0 Å². The average molecular weight is 463 g/mol. The highest BCUT2D eigenvalue weighted by atomic mass is 16.3. The lowest BCUT2D eigenvalue weighted by molar-refractivity contribution is 0.0240. The van der Waals surface area contributed by atoms with E-state index in [0.29, 0.717) is 41.3 Å². The van der Waals surface area contributed by atoms with Crippen molar-refractivity contribution in [3.05, 3.63) is 35.4 Å². The maximum absolute atomic E-state index is 11.8. The lowest BCUT2D eigenvalue weighted by atomic mass is 9.72. The number of carbonyl (C=O) groups excluding carboxylic acids is 1. The van der Waals surface area contributed by atoms with Crippen LogP contribution in [0.25, 0.3) is 0 Å². The molecule has 1 spiro atoms. The van der Waals surface area contributed by atoms with Gasteiger partial charge in [-0.1, -0.05) is 49.9 Å². The number of hydrogen-bond donors (Lipinski definition) is 2. The summed E-state index contributed by atoms with van der Waals surface area (Å²) >= 11 is 0. The number of aliphatic hydroxyl groups is 1. The zero-order chi connectivity index (χ0) is 22.9. The standard InChI is InChI=1S/C30H42N2O2/c33-18-20-7-9-22(10-8-20)27(21-5-1-2-6-21)26-17-24(30(34)19-32(26)30)25-12-11-23-13-16-29(28(23)31-25)14-3-4-15-29/h7-10,18,21,23-28,31,34H,1-6,11-17,19H2/t23-,24+,25-,26-,27-,28-,30+,32?/m1/s1. The summed E-state index contributed by atoms with van der Waals surface area (Å²) in [7, 11) is 0. The van der Waals surface area contributed by atoms with Gasteiger partial charge in [0.1, 0.15) is 12.0 Å². The van der Waals surface area contributed by atoms with Crippen LogP contribution < -0.4 is 5.32 Å². The van der Waals surface area contributed by atoms with Crippen LogP contribution in [0, 0.1) is 23.2 Å². The summed E-state index contributed by atoms with van der Waals surface area (Å²) < 4.78 is 0. The molecule has 7 rings (SSSR count). The molecule has 3 aliphatic heterocycles. The fourth-order valence-corrected chi connectivity index (χ4v) is 9.86. The van der Waals surface area contributed by atoms with Gasteiger partial charge in [0.2, 0.25) is 0 Å². The zero-order valence-corrected chi connectivity index (χ0v) is 20.6. The minimum Gasteiger partial charge on any atom is -0.374 e. The maximum atomic E-state index is 11.8. The van der Waals surface area contributed by atoms with E-state index in [2.05, 4.69) is 22.3 Å². The van der Waals surface area contributed by atoms with E-state index in [0.717, 1.165) is 30.7 Å². The van der Waals surface area contributed by atoms with E-state index in [-0.39, 0.29) is 0 Å². The van der Waals surface area contributed by atoms with Gasteiger partial charge in [0.05, 0.1) is 0 Å². The van der Waals surface area contributed by atoms with E-state index >= 15 is 0 Å². The minimum absolute atomic E-state index is 0.357. The third kappa shape index (κ3) is 3.31. The summed E-state index contributed by atoms with van der Waals surface area (Å²) in [5, 5.41) is 16.0. The predicted molar refractivity (Wildman–Crippen MR) is 134 cm³/mol. The van der Waals surface area contributed by atoms with Gasteiger partial charge in [0.25, 0.3) is 0 Å². The Bertz CT molecular complexity index is 918. The van der Waals surface area contributed by atoms with Crippen molar-refractivity contribution in [1.82, 2.24) is 10.2 Å². The third-order valence-electron chi connectivity index (χ3n) is 11.5. The Hall–Kier alpha value is -1.23. The first-order chi connectivity index (χ1) is 16.6. The molecule has 3 saturated heterocycles. The molecule has 0 bridgehead atoms. The molecule has 184 valence electrons. The van der Waals surface area contributed by atoms with Crippen LogP contribution in [0.5, 0.6) is 0 Å². The van der Waals surface area contributed by atoms with E-state index in [1.807, 2.05) is 12.1 Å². The SMILES string of the molecule is O=Cc1ccc([C@@H](C2CCCC2)[C@H]2C[C@@H]([C@H]3CC[C@@H]4CCC5(CCCC5)[C@@H]4N3)[C@@]3(O)CN23)cc1. The number of carbonyl (C=O) groups is 1. The molecule has 8 atom stereocenters. The fourth-order valence-electron chi connectivity index (χ4n) is 9.86. The van der Waals surface area contributed by atoms with Gasteiger partial charge in [0, 0.05) is 42.1 Å². The van der Waals surface area contributed by atoms with Crippen LogP contribution in [0.2, 0.25) is 0 Å². The molecular formula is C30H42N2O2. The normalized spacial score (nSPS) is 43.7. The first-order valence-corrected chi connectivity index (χ1v) is 14.4. The maximum Gasteiger partial charge on any atom is 0.150 e. The molecule has 2 N–H and O–H groups in total. The van der Waals surface area contributed by atoms with Crippen LogP contribution in [0.4, 0.5) is 0 Å². The van der Waals surface area contributed by atoms with Crippen LogP contribution >= 0.6 is 0 Å². The van der Waals surface area contributed by atoms with Crippen LogP contribution in [0.3, 0.4) is 0 Å². The van der Waals surface area contributed by atoms with Crippen molar-refractivity contribution in [3.8, 4) is 0 Å². The van der Waals surface area contributed by atoms with E-state index in [9.17, 15) is 9.90 Å². The Morgan fingerprint density at radius 3 is 2.47 bits per heavy atom. The average Bonchev–Trinajstić information content (AvgIpc) is 3.41. The zero-order valence-electron chi connectivity index (χ0n) is 20.6. The molecule has 1 aromatic rings. The third-order valence-corrected chi connectivity index (χ3v) is 11.5. The lowest BCUT2D eigenvalue weighted by Crippen LogP contribution is -2.56. The molecule has 4 nitrogen and oxygen atoms in total. The molecule has 0 amide bonds. The second-order valence-corrected chi connectivity index (χ2v) is 13.0. The van der Waals surface area contributed by atoms with Gasteiger partial charge < -0.3 is 10.4 Å². The van der Waals surface area contributed by atoms with E-state index in [1.165, 1.54) is 82.6 Å². The molecule has 1 unspecified atom stereocenters. The second-order valence-electron chi connectivity index (χ2n) is 13.0. The highest BCUT2D eigenvalue weighted by Gasteiger charge is 2.68. The summed E-state index contributed by atoms with van der Waals surface area (Å²) in [5.74, 6) is 2.41. The number of rotatable bonds is 5. The van der Waals surface area contributed by atoms with Crippen molar-refractivity contribution in [1.29, 1.82) is 0 Å². The van der Waals surface area contributed by atoms with E-state index in [1.54, 1.807) is 0 Å². The number of fused-ring (bicyclic) bond motifs is 3. The predicted octanol–water partition coefficient (Wildman–Crippen LogP) is 5.26. The second kappa shape index (κ2) is 8.15. The van der Waals surface area contributed by atoms with Crippen LogP contribution in [0.15, 0.2) is 24.3 Å². The summed E-state index contributed by atoms with van der Waals surface area (Å²) in [6, 6.07) is 10.00. The number of benzene rings is 1. The van der Waals surface area contributed by atoms with Crippen molar-refractivity contribution >= 4 is 6.29 Å². The van der Waals surface area contributed by atoms with Crippen LogP contribution in [0.1, 0.15) is 105 Å². The summed E-state index contributed by atoms with van der Waals surface area (Å²) in [4.78, 5) is 13.7. The topological polar surface area (TPSA) is 52.3 Å². The first-order valence-electron chi connectivity index (χ1n) is 14.4. The number of hydrogen-bond acceptors (Lipinski definition) is 4. The summed E-state index contributed by atoms with van der Waals surface area (Å²) in [6.07, 6.45) is 18.5. The van der Waals surface area contributed by atoms with Crippen molar-refractivity contribution in [3.63, 3.8) is 0 Å². The Kier molecular flexibility index (Phi) is 5.27. The molecular weight excluding hydrogens is 420 g/mol. The highest BCUT2D eigenvalue weighted by molar-refractivity contribution is 5.74. The number of aldehydes is 1. The Labute approximate surface area is 204 Å². The van der Waals surface area contributed by atoms with Crippen molar-refractivity contribution in [2.24, 2.45) is 23.2 Å². The molecule has 6 fully saturated rings.